The van der Waals surface area contributed by atoms with Gasteiger partial charge in [0.15, 0.2) is 11.6 Å². The number of benzene rings is 3. The number of amides is 2. The van der Waals surface area contributed by atoms with Crippen LogP contribution in [-0.2, 0) is 38.8 Å². The molecular weight excluding hydrogens is 953 g/mol. The quantitative estimate of drug-likeness (QED) is 0.0679. The minimum atomic E-state index is -1.03. The first-order valence-electron chi connectivity index (χ1n) is 23.4. The molecule has 9 aromatic rings. The molecule has 0 saturated carbocycles. The van der Waals surface area contributed by atoms with Crippen LogP contribution >= 0.6 is 0 Å². The predicted molar refractivity (Wildman–Crippen MR) is 268 cm³/mol. The summed E-state index contributed by atoms with van der Waals surface area (Å²) in [5.74, 6) is -0.812. The topological polar surface area (TPSA) is 250 Å². The van der Waals surface area contributed by atoms with Gasteiger partial charge in [-0.05, 0) is 61.7 Å². The summed E-state index contributed by atoms with van der Waals surface area (Å²) >= 11 is 0. The molecule has 3 aromatic carbocycles. The predicted octanol–water partition coefficient (Wildman–Crippen LogP) is 8.92. The molecule has 0 bridgehead atoms. The van der Waals surface area contributed by atoms with Crippen molar-refractivity contribution in [2.45, 2.75) is 72.2 Å². The molecule has 74 heavy (non-hydrogen) atoms. The van der Waals surface area contributed by atoms with E-state index >= 15 is 0 Å². The monoisotopic (exact) mass is 1000 g/mol. The minimum Gasteiger partial charge on any atom is -0.461 e. The number of esters is 1. The Kier molecular flexibility index (Phi) is 15.9. The van der Waals surface area contributed by atoms with Gasteiger partial charge in [-0.2, -0.15) is 10.2 Å². The van der Waals surface area contributed by atoms with Crippen molar-refractivity contribution < 1.29 is 36.9 Å². The van der Waals surface area contributed by atoms with Crippen LogP contribution in [0.4, 0.5) is 20.4 Å². The first kappa shape index (κ1) is 51.3. The lowest BCUT2D eigenvalue weighted by Gasteiger charge is -2.25. The van der Waals surface area contributed by atoms with Crippen LogP contribution in [0.5, 0.6) is 0 Å². The molecule has 0 aliphatic heterocycles. The molecule has 0 saturated heterocycles. The Hall–Kier alpha value is -9.11. The van der Waals surface area contributed by atoms with Crippen LogP contribution in [0.25, 0.3) is 45.8 Å². The van der Waals surface area contributed by atoms with Crippen LogP contribution < -0.4 is 16.4 Å². The van der Waals surface area contributed by atoms with Crippen molar-refractivity contribution in [1.29, 1.82) is 0 Å². The van der Waals surface area contributed by atoms with E-state index in [4.69, 9.17) is 19.5 Å². The fourth-order valence-electron chi connectivity index (χ4n) is 7.23. The molecular formula is C53H51F2N13O6. The summed E-state index contributed by atoms with van der Waals surface area (Å²) in [6, 6.07) is 32.2. The molecule has 6 aromatic heterocycles. The average Bonchev–Trinajstić information content (AvgIpc) is 4.27. The number of ether oxygens (including phenoxy) is 1. The lowest BCUT2D eigenvalue weighted by atomic mass is 9.83. The van der Waals surface area contributed by atoms with E-state index in [0.29, 0.717) is 63.9 Å². The van der Waals surface area contributed by atoms with E-state index in [1.165, 1.54) is 37.1 Å². The van der Waals surface area contributed by atoms with E-state index in [1.54, 1.807) is 96.0 Å². The van der Waals surface area contributed by atoms with Crippen molar-refractivity contribution in [2.24, 2.45) is 11.1 Å². The van der Waals surface area contributed by atoms with Gasteiger partial charge in [0.25, 0.3) is 0 Å². The van der Waals surface area contributed by atoms with Gasteiger partial charge in [0.2, 0.25) is 11.8 Å². The van der Waals surface area contributed by atoms with Gasteiger partial charge in [0.05, 0.1) is 41.9 Å². The zero-order valence-corrected chi connectivity index (χ0v) is 40.8. The summed E-state index contributed by atoms with van der Waals surface area (Å²) in [5.41, 5.74) is 8.78. The van der Waals surface area contributed by atoms with E-state index < -0.39 is 16.9 Å². The maximum Gasteiger partial charge on any atom is 0.307 e. The van der Waals surface area contributed by atoms with Gasteiger partial charge >= 0.3 is 5.97 Å². The molecule has 4 N–H and O–H groups in total. The van der Waals surface area contributed by atoms with Gasteiger partial charge in [0.1, 0.15) is 65.2 Å². The Morgan fingerprint density at radius 1 is 0.635 bits per heavy atom. The zero-order chi connectivity index (χ0) is 52.2. The second-order valence-electron chi connectivity index (χ2n) is 17.5. The number of carbonyl (C=O) groups excluding carboxylic acids is 3. The smallest absolute Gasteiger partial charge is 0.307 e. The summed E-state index contributed by atoms with van der Waals surface area (Å²) in [6.07, 6.45) is 6.67. The SMILES string of the molecule is CCC(C)(CC(=O)OCc1ccccc1)C(=O)Nc1ccnc(-c2cc(-c3ccon3)n(Cc3ccccc3F)n2)n1.CCC(C)(N)C(=O)Nc1ccnc(-c2cc(-c3ccon3)n(Cc3ccccc3F)n2)n1. The van der Waals surface area contributed by atoms with Gasteiger partial charge in [-0.3, -0.25) is 23.7 Å². The molecule has 0 aliphatic rings. The molecule has 21 heteroatoms. The number of anilines is 2. The van der Waals surface area contributed by atoms with E-state index in [0.717, 1.165) is 5.56 Å². The van der Waals surface area contributed by atoms with Crippen LogP contribution in [0.2, 0.25) is 0 Å². The molecule has 2 atom stereocenters. The fourth-order valence-corrected chi connectivity index (χ4v) is 7.23. The largest absolute Gasteiger partial charge is 0.461 e. The Balaban J connectivity index is 0.000000204. The van der Waals surface area contributed by atoms with Crippen LogP contribution in [0.15, 0.2) is 149 Å². The van der Waals surface area contributed by atoms with Gasteiger partial charge in [-0.25, -0.2) is 28.7 Å². The molecule has 2 amide bonds. The number of aromatic nitrogens is 10. The van der Waals surface area contributed by atoms with E-state index in [1.807, 2.05) is 44.2 Å². The van der Waals surface area contributed by atoms with E-state index in [2.05, 4.69) is 51.1 Å². The van der Waals surface area contributed by atoms with Crippen LogP contribution in [0, 0.1) is 17.0 Å². The van der Waals surface area contributed by atoms with Crippen LogP contribution in [-0.4, -0.2) is 73.1 Å². The van der Waals surface area contributed by atoms with Crippen molar-refractivity contribution in [2.75, 3.05) is 10.6 Å². The summed E-state index contributed by atoms with van der Waals surface area (Å²) in [5, 5.41) is 22.7. The molecule has 0 radical (unpaired) electrons. The van der Waals surface area contributed by atoms with Crippen LogP contribution in [0.3, 0.4) is 0 Å². The van der Waals surface area contributed by atoms with Crippen molar-refractivity contribution in [3.05, 3.63) is 169 Å². The van der Waals surface area contributed by atoms with Gasteiger partial charge in [-0.1, -0.05) is 97.8 Å². The summed E-state index contributed by atoms with van der Waals surface area (Å²) in [4.78, 5) is 55.8. The molecule has 378 valence electrons. The number of nitrogens with two attached hydrogens (primary N) is 1. The summed E-state index contributed by atoms with van der Waals surface area (Å²) < 4.78 is 47.2. The first-order valence-corrected chi connectivity index (χ1v) is 23.4. The number of carbonyl (C=O) groups is 3. The fraction of sp³-hybridized carbons (Fsp3) is 0.226. The van der Waals surface area contributed by atoms with Crippen molar-refractivity contribution in [3.63, 3.8) is 0 Å². The molecule has 0 aliphatic carbocycles. The van der Waals surface area contributed by atoms with Gasteiger partial charge in [-0.15, -0.1) is 0 Å². The highest BCUT2D eigenvalue weighted by Gasteiger charge is 2.35. The summed E-state index contributed by atoms with van der Waals surface area (Å²) in [7, 11) is 0. The molecule has 2 unspecified atom stereocenters. The zero-order valence-electron chi connectivity index (χ0n) is 40.8. The maximum absolute atomic E-state index is 14.4. The Morgan fingerprint density at radius 2 is 1.12 bits per heavy atom. The van der Waals surface area contributed by atoms with E-state index in [-0.39, 0.29) is 67.0 Å². The minimum absolute atomic E-state index is 0.0956. The average molecular weight is 1000 g/mol. The van der Waals surface area contributed by atoms with E-state index in [9.17, 15) is 23.2 Å². The lowest BCUT2D eigenvalue weighted by molar-refractivity contribution is -0.150. The molecule has 6 heterocycles. The Morgan fingerprint density at radius 3 is 1.58 bits per heavy atom. The number of nitrogens with zero attached hydrogens (tertiary/aromatic N) is 10. The maximum atomic E-state index is 14.4. The van der Waals surface area contributed by atoms with Crippen molar-refractivity contribution >= 4 is 29.4 Å². The highest BCUT2D eigenvalue weighted by molar-refractivity contribution is 5.97. The third kappa shape index (κ3) is 12.5. The number of nitrogens with one attached hydrogen (secondary N) is 2. The second-order valence-corrected chi connectivity index (χ2v) is 17.5. The highest BCUT2D eigenvalue weighted by atomic mass is 19.1. The normalized spacial score (nSPS) is 12.7. The Labute approximate surface area is 423 Å². The summed E-state index contributed by atoms with van der Waals surface area (Å²) in [6.45, 7) is 7.48. The third-order valence-electron chi connectivity index (χ3n) is 12.1. The third-order valence-corrected chi connectivity index (χ3v) is 12.1. The number of hydrogen-bond acceptors (Lipinski definition) is 15. The molecule has 0 spiro atoms. The number of rotatable bonds is 18. The van der Waals surface area contributed by atoms with Crippen molar-refractivity contribution in [1.82, 2.24) is 49.8 Å². The highest BCUT2D eigenvalue weighted by Crippen LogP contribution is 2.30. The molecule has 0 fully saturated rings. The number of halogens is 2. The number of hydrogen-bond donors (Lipinski definition) is 3. The first-order chi connectivity index (χ1) is 35.7. The Bertz CT molecular complexity index is 3350. The molecule has 19 nitrogen and oxygen atoms in total. The van der Waals surface area contributed by atoms with Crippen LogP contribution in [0.1, 0.15) is 63.6 Å². The standard InChI is InChI=1S/C31H29FN6O4.C22H22FN7O2/c1-3-31(2,18-28(39)41-20-21-9-5-4-6-10-21)30(40)35-27-13-15-33-29(34-27)25-17-26(24-14-16-42-37-24)38(36-25)19-22-11-7-8-12-23(22)32;1-3-22(2,24)21(31)27-19-8-10-25-20(26-19)17-12-18(16-9-11-32-29-16)30(28-17)13-14-6-4-5-7-15(14)23/h4-17H,3,18-20H2,1-2H3,(H,33,34,35,40);4-12H,3,13,24H2,1-2H3,(H,25,26,27,31). The van der Waals surface area contributed by atoms with Crippen molar-refractivity contribution in [3.8, 4) is 45.8 Å². The molecule has 9 rings (SSSR count). The van der Waals surface area contributed by atoms with Gasteiger partial charge in [0, 0.05) is 35.7 Å². The van der Waals surface area contributed by atoms with Gasteiger partial charge < -0.3 is 30.2 Å². The second kappa shape index (κ2) is 23.0. The lowest BCUT2D eigenvalue weighted by Crippen LogP contribution is -2.47.